The minimum atomic E-state index is -0.564. The molecule has 0 bridgehead atoms. The third-order valence-corrected chi connectivity index (χ3v) is 4.45. The van der Waals surface area contributed by atoms with Crippen molar-refractivity contribution in [2.75, 3.05) is 43.3 Å². The van der Waals surface area contributed by atoms with Crippen LogP contribution in [0.15, 0.2) is 18.2 Å². The number of ether oxygens (including phenoxy) is 3. The highest BCUT2D eigenvalue weighted by Crippen LogP contribution is 2.36. The summed E-state index contributed by atoms with van der Waals surface area (Å²) in [6.45, 7) is 4.70. The first-order chi connectivity index (χ1) is 13.8. The lowest BCUT2D eigenvalue weighted by atomic mass is 10.2. The van der Waals surface area contributed by atoms with Gasteiger partial charge in [-0.2, -0.15) is 9.97 Å². The molecule has 11 heteroatoms. The maximum Gasteiger partial charge on any atom is 0.353 e. The van der Waals surface area contributed by atoms with Gasteiger partial charge in [0.1, 0.15) is 11.5 Å². The Morgan fingerprint density at radius 3 is 2.52 bits per heavy atom. The smallest absolute Gasteiger partial charge is 0.353 e. The SMILES string of the molecule is COc1ccc(OC)c(Nc2nc(N)c([N+](=O)[O-])c(N3C[C@H](C)O[C@@H](C)C3)n2)c1. The molecule has 0 amide bonds. The van der Waals surface area contributed by atoms with Crippen molar-refractivity contribution in [2.24, 2.45) is 0 Å². The van der Waals surface area contributed by atoms with Crippen molar-refractivity contribution < 1.29 is 19.1 Å². The second-order valence-electron chi connectivity index (χ2n) is 6.72. The van der Waals surface area contributed by atoms with E-state index in [1.807, 2.05) is 13.8 Å². The first-order valence-electron chi connectivity index (χ1n) is 9.03. The topological polar surface area (TPSA) is 138 Å². The van der Waals surface area contributed by atoms with Gasteiger partial charge in [-0.1, -0.05) is 0 Å². The maximum atomic E-state index is 11.6. The minimum absolute atomic E-state index is 0.107. The van der Waals surface area contributed by atoms with Crippen molar-refractivity contribution >= 4 is 29.0 Å². The van der Waals surface area contributed by atoms with Crippen LogP contribution in [0.1, 0.15) is 13.8 Å². The van der Waals surface area contributed by atoms with E-state index in [4.69, 9.17) is 19.9 Å². The summed E-state index contributed by atoms with van der Waals surface area (Å²) in [5.74, 6) is 1.16. The zero-order chi connectivity index (χ0) is 21.1. The zero-order valence-corrected chi connectivity index (χ0v) is 16.7. The van der Waals surface area contributed by atoms with E-state index in [2.05, 4.69) is 15.3 Å². The average Bonchev–Trinajstić information content (AvgIpc) is 2.66. The molecule has 1 aromatic heterocycles. The Labute approximate surface area is 167 Å². The molecule has 1 aliphatic rings. The summed E-state index contributed by atoms with van der Waals surface area (Å²) in [6, 6.07) is 5.18. The van der Waals surface area contributed by atoms with Gasteiger partial charge in [-0.25, -0.2) is 0 Å². The molecule has 1 aliphatic heterocycles. The Hall–Kier alpha value is -3.34. The fraction of sp³-hybridized carbons (Fsp3) is 0.444. The third kappa shape index (κ3) is 4.40. The van der Waals surface area contributed by atoms with E-state index in [0.29, 0.717) is 30.3 Å². The van der Waals surface area contributed by atoms with Crippen LogP contribution in [0.3, 0.4) is 0 Å². The average molecular weight is 404 g/mol. The summed E-state index contributed by atoms with van der Waals surface area (Å²) < 4.78 is 16.3. The van der Waals surface area contributed by atoms with Gasteiger partial charge >= 0.3 is 5.69 Å². The Morgan fingerprint density at radius 2 is 1.93 bits per heavy atom. The van der Waals surface area contributed by atoms with Gasteiger partial charge in [0.2, 0.25) is 17.6 Å². The lowest BCUT2D eigenvalue weighted by molar-refractivity contribution is -0.383. The molecule has 2 aromatic rings. The van der Waals surface area contributed by atoms with Crippen LogP contribution in [0, 0.1) is 10.1 Å². The number of benzene rings is 1. The molecule has 0 spiro atoms. The van der Waals surface area contributed by atoms with Crippen LogP contribution in [0.2, 0.25) is 0 Å². The quantitative estimate of drug-likeness (QED) is 0.545. The normalized spacial score (nSPS) is 19.0. The second kappa shape index (κ2) is 8.35. The van der Waals surface area contributed by atoms with Crippen molar-refractivity contribution in [1.29, 1.82) is 0 Å². The maximum absolute atomic E-state index is 11.6. The van der Waals surface area contributed by atoms with Crippen LogP contribution in [0.5, 0.6) is 11.5 Å². The van der Waals surface area contributed by atoms with Crippen molar-refractivity contribution in [2.45, 2.75) is 26.1 Å². The van der Waals surface area contributed by atoms with E-state index in [0.717, 1.165) is 0 Å². The fourth-order valence-electron chi connectivity index (χ4n) is 3.29. The number of hydrogen-bond donors (Lipinski definition) is 2. The molecule has 3 N–H and O–H groups in total. The van der Waals surface area contributed by atoms with Gasteiger partial charge in [0, 0.05) is 19.2 Å². The number of rotatable bonds is 6. The summed E-state index contributed by atoms with van der Waals surface area (Å²) >= 11 is 0. The van der Waals surface area contributed by atoms with E-state index in [-0.39, 0.29) is 35.5 Å². The van der Waals surface area contributed by atoms with Gasteiger partial charge in [-0.05, 0) is 26.0 Å². The third-order valence-electron chi connectivity index (χ3n) is 4.45. The first kappa shape index (κ1) is 20.4. The number of methoxy groups -OCH3 is 2. The van der Waals surface area contributed by atoms with Gasteiger partial charge in [0.25, 0.3) is 0 Å². The van der Waals surface area contributed by atoms with E-state index in [9.17, 15) is 10.1 Å². The Morgan fingerprint density at radius 1 is 1.24 bits per heavy atom. The molecule has 29 heavy (non-hydrogen) atoms. The number of nitrogens with two attached hydrogens (primary N) is 1. The molecule has 1 saturated heterocycles. The number of morpholine rings is 1. The number of nitrogens with one attached hydrogen (secondary N) is 1. The lowest BCUT2D eigenvalue weighted by Gasteiger charge is -2.35. The molecule has 0 saturated carbocycles. The summed E-state index contributed by atoms with van der Waals surface area (Å²) in [4.78, 5) is 21.3. The first-order valence-corrected chi connectivity index (χ1v) is 9.03. The molecule has 2 atom stereocenters. The predicted octanol–water partition coefficient (Wildman–Crippen LogP) is 2.34. The monoisotopic (exact) mass is 404 g/mol. The van der Waals surface area contributed by atoms with E-state index < -0.39 is 4.92 Å². The molecule has 156 valence electrons. The number of nitro groups is 1. The van der Waals surface area contributed by atoms with E-state index >= 15 is 0 Å². The molecule has 3 rings (SSSR count). The number of hydrogen-bond acceptors (Lipinski definition) is 10. The molecule has 0 unspecified atom stereocenters. The molecular formula is C18H24N6O5. The second-order valence-corrected chi connectivity index (χ2v) is 6.72. The minimum Gasteiger partial charge on any atom is -0.497 e. The Kier molecular flexibility index (Phi) is 5.87. The van der Waals surface area contributed by atoms with E-state index in [1.165, 1.54) is 7.11 Å². The standard InChI is InChI=1S/C18H24N6O5/c1-10-8-23(9-11(2)29-10)17-15(24(25)26)16(19)21-18(22-17)20-13-7-12(27-3)5-6-14(13)28-4/h5-7,10-11H,8-9H2,1-4H3,(H3,19,20,21,22)/t10-,11-/m0/s1. The van der Waals surface area contributed by atoms with Gasteiger partial charge in [0.15, 0.2) is 0 Å². The fourth-order valence-corrected chi connectivity index (χ4v) is 3.29. The van der Waals surface area contributed by atoms with Crippen molar-refractivity contribution in [3.05, 3.63) is 28.3 Å². The molecule has 0 aliphatic carbocycles. The van der Waals surface area contributed by atoms with Crippen LogP contribution < -0.4 is 25.4 Å². The molecule has 1 aromatic carbocycles. The zero-order valence-electron chi connectivity index (χ0n) is 16.7. The highest BCUT2D eigenvalue weighted by Gasteiger charge is 2.32. The van der Waals surface area contributed by atoms with Gasteiger partial charge in [-0.3, -0.25) is 10.1 Å². The van der Waals surface area contributed by atoms with Crippen molar-refractivity contribution in [1.82, 2.24) is 9.97 Å². The number of nitrogens with zero attached hydrogens (tertiary/aromatic N) is 4. The number of anilines is 4. The highest BCUT2D eigenvalue weighted by atomic mass is 16.6. The Bertz CT molecular complexity index is 899. The summed E-state index contributed by atoms with van der Waals surface area (Å²) in [5.41, 5.74) is 6.14. The summed E-state index contributed by atoms with van der Waals surface area (Å²) in [6.07, 6.45) is -0.214. The van der Waals surface area contributed by atoms with Gasteiger partial charge in [-0.15, -0.1) is 0 Å². The molecule has 11 nitrogen and oxygen atoms in total. The van der Waals surface area contributed by atoms with E-state index in [1.54, 1.807) is 30.2 Å². The lowest BCUT2D eigenvalue weighted by Crippen LogP contribution is -2.46. The molecule has 0 radical (unpaired) electrons. The van der Waals surface area contributed by atoms with Crippen molar-refractivity contribution in [3.8, 4) is 11.5 Å². The number of nitrogen functional groups attached to an aromatic ring is 1. The van der Waals surface area contributed by atoms with Crippen molar-refractivity contribution in [3.63, 3.8) is 0 Å². The highest BCUT2D eigenvalue weighted by molar-refractivity contribution is 5.73. The molecular weight excluding hydrogens is 380 g/mol. The summed E-state index contributed by atoms with van der Waals surface area (Å²) in [5, 5.41) is 14.7. The van der Waals surface area contributed by atoms with Crippen LogP contribution in [0.25, 0.3) is 0 Å². The largest absolute Gasteiger partial charge is 0.497 e. The van der Waals surface area contributed by atoms with Crippen LogP contribution in [0.4, 0.5) is 29.0 Å². The molecule has 2 heterocycles. The van der Waals surface area contributed by atoms with Crippen LogP contribution in [-0.2, 0) is 4.74 Å². The van der Waals surface area contributed by atoms with Gasteiger partial charge in [0.05, 0.1) is 37.0 Å². The molecule has 1 fully saturated rings. The Balaban J connectivity index is 2.03. The van der Waals surface area contributed by atoms with Crippen LogP contribution in [-0.4, -0.2) is 54.4 Å². The predicted molar refractivity (Wildman–Crippen MR) is 108 cm³/mol. The number of aromatic nitrogens is 2. The summed E-state index contributed by atoms with van der Waals surface area (Å²) in [7, 11) is 3.07. The van der Waals surface area contributed by atoms with Gasteiger partial charge < -0.3 is 30.2 Å². The van der Waals surface area contributed by atoms with Crippen LogP contribution >= 0.6 is 0 Å².